The van der Waals surface area contributed by atoms with E-state index in [1.807, 2.05) is 23.1 Å². The molecule has 146 valence electrons. The van der Waals surface area contributed by atoms with Gasteiger partial charge in [-0.1, -0.05) is 31.9 Å². The zero-order chi connectivity index (χ0) is 19.2. The van der Waals surface area contributed by atoms with Gasteiger partial charge in [0.05, 0.1) is 12.2 Å². The largest absolute Gasteiger partial charge is 0.486 e. The van der Waals surface area contributed by atoms with Crippen molar-refractivity contribution in [2.75, 3.05) is 0 Å². The third-order valence-electron chi connectivity index (χ3n) is 5.39. The van der Waals surface area contributed by atoms with Crippen molar-refractivity contribution in [2.24, 2.45) is 5.92 Å². The third kappa shape index (κ3) is 5.32. The topological polar surface area (TPSA) is 42.4 Å². The predicted octanol–water partition coefficient (Wildman–Crippen LogP) is 5.35. The molecule has 1 heterocycles. The van der Waals surface area contributed by atoms with Gasteiger partial charge in [0.1, 0.15) is 17.4 Å². The molecule has 1 fully saturated rings. The summed E-state index contributed by atoms with van der Waals surface area (Å²) < 4.78 is 5.86. The average Bonchev–Trinajstić information content (AvgIpc) is 3.35. The minimum Gasteiger partial charge on any atom is -0.486 e. The Morgan fingerprint density at radius 1 is 1.37 bits per heavy atom. The molecular formula is C22H30N2O2S. The van der Waals surface area contributed by atoms with Crippen molar-refractivity contribution in [3.8, 4) is 5.75 Å². The molecule has 1 aromatic heterocycles. The van der Waals surface area contributed by atoms with E-state index in [1.165, 1.54) is 18.4 Å². The molecule has 0 bridgehead atoms. The first kappa shape index (κ1) is 19.9. The van der Waals surface area contributed by atoms with Crippen LogP contribution < -0.4 is 4.74 Å². The number of aryl methyl sites for hydroxylation is 1. The summed E-state index contributed by atoms with van der Waals surface area (Å²) in [5.74, 6) is 1.39. The van der Waals surface area contributed by atoms with Crippen molar-refractivity contribution in [2.45, 2.75) is 72.1 Å². The Morgan fingerprint density at radius 3 is 2.85 bits per heavy atom. The molecule has 1 aliphatic carbocycles. The lowest BCUT2D eigenvalue weighted by Gasteiger charge is -2.30. The van der Waals surface area contributed by atoms with Gasteiger partial charge < -0.3 is 9.64 Å². The lowest BCUT2D eigenvalue weighted by molar-refractivity contribution is -0.138. The maximum Gasteiger partial charge on any atom is 0.226 e. The second-order valence-electron chi connectivity index (χ2n) is 7.54. The van der Waals surface area contributed by atoms with Crippen LogP contribution in [0.25, 0.3) is 0 Å². The number of ether oxygens (including phenoxy) is 1. The van der Waals surface area contributed by atoms with Gasteiger partial charge in [0, 0.05) is 17.3 Å². The summed E-state index contributed by atoms with van der Waals surface area (Å²) in [4.78, 5) is 19.7. The first-order valence-electron chi connectivity index (χ1n) is 10.00. The van der Waals surface area contributed by atoms with Gasteiger partial charge in [-0.25, -0.2) is 4.98 Å². The highest BCUT2D eigenvalue weighted by atomic mass is 32.1. The Labute approximate surface area is 166 Å². The minimum absolute atomic E-state index is 0.210. The molecule has 5 heteroatoms. The fourth-order valence-corrected chi connectivity index (χ4v) is 4.29. The summed E-state index contributed by atoms with van der Waals surface area (Å²) in [6, 6.07) is 8.29. The molecule has 0 saturated heterocycles. The van der Waals surface area contributed by atoms with Crippen molar-refractivity contribution in [1.29, 1.82) is 0 Å². The van der Waals surface area contributed by atoms with Crippen LogP contribution in [0.1, 0.15) is 62.2 Å². The van der Waals surface area contributed by atoms with E-state index in [4.69, 9.17) is 9.72 Å². The Morgan fingerprint density at radius 2 is 2.15 bits per heavy atom. The number of hydrogen-bond acceptors (Lipinski definition) is 4. The smallest absolute Gasteiger partial charge is 0.226 e. The molecule has 1 saturated carbocycles. The molecule has 4 nitrogen and oxygen atoms in total. The highest BCUT2D eigenvalue weighted by Crippen LogP contribution is 2.28. The summed E-state index contributed by atoms with van der Waals surface area (Å²) in [7, 11) is 0. The fraction of sp³-hybridized carbons (Fsp3) is 0.545. The summed E-state index contributed by atoms with van der Waals surface area (Å²) in [6.45, 7) is 7.40. The quantitative estimate of drug-likeness (QED) is 0.614. The fourth-order valence-electron chi connectivity index (χ4n) is 3.59. The molecule has 1 aromatic carbocycles. The van der Waals surface area contributed by atoms with E-state index >= 15 is 0 Å². The summed E-state index contributed by atoms with van der Waals surface area (Å²) in [6.07, 6.45) is 5.41. The van der Waals surface area contributed by atoms with Gasteiger partial charge >= 0.3 is 0 Å². The average molecular weight is 387 g/mol. The molecule has 1 unspecified atom stereocenters. The first-order chi connectivity index (χ1) is 13.1. The number of thiazole rings is 1. The van der Waals surface area contributed by atoms with Gasteiger partial charge in [0.25, 0.3) is 0 Å². The highest BCUT2D eigenvalue weighted by molar-refractivity contribution is 7.09. The maximum atomic E-state index is 13.0. The number of hydrogen-bond donors (Lipinski definition) is 0. The molecule has 2 aromatic rings. The van der Waals surface area contributed by atoms with Crippen LogP contribution in [0.4, 0.5) is 0 Å². The minimum atomic E-state index is 0.210. The standard InChI is InChI=1S/C22H30N2O2S/c1-4-17(3)24(22(25)18-9-5-6-10-18)13-19-15-27-21(23-19)14-26-20-11-7-8-16(2)12-20/h7-8,11-12,15,17-18H,4-6,9-10,13-14H2,1-3H3. The maximum absolute atomic E-state index is 13.0. The Balaban J connectivity index is 1.62. The molecule has 1 amide bonds. The Hall–Kier alpha value is -1.88. The lowest BCUT2D eigenvalue weighted by Crippen LogP contribution is -2.41. The van der Waals surface area contributed by atoms with Gasteiger partial charge in [0.2, 0.25) is 5.91 Å². The predicted molar refractivity (Wildman–Crippen MR) is 110 cm³/mol. The number of amides is 1. The summed E-state index contributed by atoms with van der Waals surface area (Å²) in [5, 5.41) is 3.01. The van der Waals surface area contributed by atoms with Crippen molar-refractivity contribution in [1.82, 2.24) is 9.88 Å². The van der Waals surface area contributed by atoms with Crippen LogP contribution in [-0.4, -0.2) is 21.8 Å². The van der Waals surface area contributed by atoms with Crippen LogP contribution in [0, 0.1) is 12.8 Å². The van der Waals surface area contributed by atoms with Gasteiger partial charge in [-0.3, -0.25) is 4.79 Å². The lowest BCUT2D eigenvalue weighted by atomic mass is 10.0. The van der Waals surface area contributed by atoms with Crippen molar-refractivity contribution >= 4 is 17.2 Å². The van der Waals surface area contributed by atoms with E-state index in [-0.39, 0.29) is 12.0 Å². The van der Waals surface area contributed by atoms with Crippen molar-refractivity contribution in [3.05, 3.63) is 45.9 Å². The second-order valence-corrected chi connectivity index (χ2v) is 8.49. The summed E-state index contributed by atoms with van der Waals surface area (Å²) >= 11 is 1.60. The number of nitrogens with zero attached hydrogens (tertiary/aromatic N) is 2. The number of benzene rings is 1. The molecule has 27 heavy (non-hydrogen) atoms. The number of aromatic nitrogens is 1. The number of carbonyl (C=O) groups excluding carboxylic acids is 1. The van der Waals surface area contributed by atoms with Crippen molar-refractivity contribution in [3.63, 3.8) is 0 Å². The van der Waals surface area contributed by atoms with E-state index in [9.17, 15) is 4.79 Å². The van der Waals surface area contributed by atoms with Gasteiger partial charge in [-0.05, 0) is 50.8 Å². The van der Waals surface area contributed by atoms with E-state index in [0.29, 0.717) is 19.1 Å². The van der Waals surface area contributed by atoms with Crippen molar-refractivity contribution < 1.29 is 9.53 Å². The van der Waals surface area contributed by atoms with Crippen LogP contribution >= 0.6 is 11.3 Å². The normalized spacial score (nSPS) is 15.7. The van der Waals surface area contributed by atoms with Crippen LogP contribution in [0.3, 0.4) is 0 Å². The van der Waals surface area contributed by atoms with E-state index in [1.54, 1.807) is 11.3 Å². The van der Waals surface area contributed by atoms with Crippen LogP contribution in [0.15, 0.2) is 29.6 Å². The number of carbonyl (C=O) groups is 1. The van der Waals surface area contributed by atoms with E-state index in [2.05, 4.69) is 32.2 Å². The van der Waals surface area contributed by atoms with Crippen LogP contribution in [0.5, 0.6) is 5.75 Å². The molecule has 0 spiro atoms. The van der Waals surface area contributed by atoms with Gasteiger partial charge in [-0.2, -0.15) is 0 Å². The third-order valence-corrected chi connectivity index (χ3v) is 6.27. The van der Waals surface area contributed by atoms with E-state index < -0.39 is 0 Å². The second kappa shape index (κ2) is 9.36. The molecular weight excluding hydrogens is 356 g/mol. The number of rotatable bonds is 8. The molecule has 0 radical (unpaired) electrons. The zero-order valence-electron chi connectivity index (χ0n) is 16.6. The Kier molecular flexibility index (Phi) is 6.89. The molecule has 1 aliphatic rings. The zero-order valence-corrected chi connectivity index (χ0v) is 17.4. The van der Waals surface area contributed by atoms with E-state index in [0.717, 1.165) is 35.7 Å². The van der Waals surface area contributed by atoms with Gasteiger partial charge in [-0.15, -0.1) is 11.3 Å². The van der Waals surface area contributed by atoms with Crippen LogP contribution in [-0.2, 0) is 17.9 Å². The molecule has 1 atom stereocenters. The van der Waals surface area contributed by atoms with Gasteiger partial charge in [0.15, 0.2) is 0 Å². The van der Waals surface area contributed by atoms with Crippen LogP contribution in [0.2, 0.25) is 0 Å². The summed E-state index contributed by atoms with van der Waals surface area (Å²) in [5.41, 5.74) is 2.15. The molecule has 0 N–H and O–H groups in total. The SMILES string of the molecule is CCC(C)N(Cc1csc(COc2cccc(C)c2)n1)C(=O)C1CCCC1. The highest BCUT2D eigenvalue weighted by Gasteiger charge is 2.29. The monoisotopic (exact) mass is 386 g/mol. The Bertz CT molecular complexity index is 752. The molecule has 3 rings (SSSR count). The molecule has 0 aliphatic heterocycles. The first-order valence-corrected chi connectivity index (χ1v) is 10.9.